The van der Waals surface area contributed by atoms with Crippen molar-refractivity contribution < 1.29 is 4.74 Å². The lowest BCUT2D eigenvalue weighted by Gasteiger charge is -2.06. The Morgan fingerprint density at radius 3 is 2.62 bits per heavy atom. The second-order valence-corrected chi connectivity index (χ2v) is 3.28. The van der Waals surface area contributed by atoms with Crippen LogP contribution in [0, 0.1) is 0 Å². The third kappa shape index (κ3) is 2.11. The second kappa shape index (κ2) is 4.61. The van der Waals surface area contributed by atoms with Crippen LogP contribution in [0.5, 0.6) is 5.88 Å². The largest absolute Gasteiger partial charge is 0.471 e. The van der Waals surface area contributed by atoms with Gasteiger partial charge in [-0.3, -0.25) is 0 Å². The van der Waals surface area contributed by atoms with E-state index in [0.29, 0.717) is 18.3 Å². The molecule has 2 aromatic rings. The van der Waals surface area contributed by atoms with Crippen molar-refractivity contribution in [1.29, 1.82) is 0 Å². The Morgan fingerprint density at radius 2 is 1.94 bits per heavy atom. The van der Waals surface area contributed by atoms with E-state index in [-0.39, 0.29) is 0 Å². The van der Waals surface area contributed by atoms with Crippen molar-refractivity contribution in [3.05, 3.63) is 36.4 Å². The molecule has 0 radical (unpaired) electrons. The molecule has 0 atom stereocenters. The zero-order valence-corrected chi connectivity index (χ0v) is 9.05. The average molecular weight is 215 g/mol. The first kappa shape index (κ1) is 10.4. The number of allylic oxidation sites excluding steroid dienone is 1. The minimum Gasteiger partial charge on any atom is -0.471 e. The van der Waals surface area contributed by atoms with Gasteiger partial charge < -0.3 is 10.5 Å². The van der Waals surface area contributed by atoms with Crippen LogP contribution in [0.3, 0.4) is 0 Å². The van der Waals surface area contributed by atoms with Gasteiger partial charge in [0.2, 0.25) is 0 Å². The van der Waals surface area contributed by atoms with E-state index in [1.807, 2.05) is 43.3 Å². The number of nitrogens with zero attached hydrogens (tertiary/aromatic N) is 2. The summed E-state index contributed by atoms with van der Waals surface area (Å²) in [5.41, 5.74) is 7.31. The van der Waals surface area contributed by atoms with Gasteiger partial charge in [0.1, 0.15) is 6.61 Å². The number of benzene rings is 1. The van der Waals surface area contributed by atoms with Crippen LogP contribution in [0.25, 0.3) is 11.0 Å². The van der Waals surface area contributed by atoms with Crippen molar-refractivity contribution in [1.82, 2.24) is 9.97 Å². The molecule has 1 aromatic heterocycles. The lowest BCUT2D eigenvalue weighted by Crippen LogP contribution is -2.02. The first-order chi connectivity index (χ1) is 7.81. The van der Waals surface area contributed by atoms with E-state index in [0.717, 1.165) is 11.0 Å². The Kier molecular flexibility index (Phi) is 3.00. The molecule has 1 heterocycles. The summed E-state index contributed by atoms with van der Waals surface area (Å²) in [6.07, 6.45) is 3.79. The number of anilines is 1. The molecule has 0 amide bonds. The molecule has 16 heavy (non-hydrogen) atoms. The number of nitrogen functional groups attached to an aromatic ring is 1. The van der Waals surface area contributed by atoms with Crippen LogP contribution in [0.1, 0.15) is 6.92 Å². The van der Waals surface area contributed by atoms with Crippen LogP contribution in [0.4, 0.5) is 5.82 Å². The van der Waals surface area contributed by atoms with E-state index in [4.69, 9.17) is 10.5 Å². The summed E-state index contributed by atoms with van der Waals surface area (Å²) in [5, 5.41) is 0. The summed E-state index contributed by atoms with van der Waals surface area (Å²) in [6.45, 7) is 2.38. The molecule has 0 fully saturated rings. The molecule has 0 aliphatic carbocycles. The van der Waals surface area contributed by atoms with Crippen LogP contribution in [-0.2, 0) is 0 Å². The van der Waals surface area contributed by atoms with Gasteiger partial charge in [-0.15, -0.1) is 0 Å². The molecule has 4 heteroatoms. The van der Waals surface area contributed by atoms with Gasteiger partial charge in [-0.25, -0.2) is 9.97 Å². The van der Waals surface area contributed by atoms with Gasteiger partial charge >= 0.3 is 0 Å². The van der Waals surface area contributed by atoms with Crippen molar-refractivity contribution in [2.45, 2.75) is 6.92 Å². The molecule has 0 unspecified atom stereocenters. The maximum absolute atomic E-state index is 5.75. The Morgan fingerprint density at radius 1 is 1.25 bits per heavy atom. The van der Waals surface area contributed by atoms with Crippen molar-refractivity contribution in [3.63, 3.8) is 0 Å². The highest BCUT2D eigenvalue weighted by Crippen LogP contribution is 2.20. The van der Waals surface area contributed by atoms with Gasteiger partial charge in [0, 0.05) is 0 Å². The Balaban J connectivity index is 2.34. The van der Waals surface area contributed by atoms with Gasteiger partial charge in [0.15, 0.2) is 5.82 Å². The van der Waals surface area contributed by atoms with E-state index >= 15 is 0 Å². The smallest absolute Gasteiger partial charge is 0.258 e. The number of fused-ring (bicyclic) bond motifs is 1. The van der Waals surface area contributed by atoms with Crippen molar-refractivity contribution in [2.24, 2.45) is 0 Å². The fourth-order valence-electron chi connectivity index (χ4n) is 1.33. The van der Waals surface area contributed by atoms with Crippen LogP contribution in [0.2, 0.25) is 0 Å². The Labute approximate surface area is 93.8 Å². The molecule has 0 aliphatic rings. The quantitative estimate of drug-likeness (QED) is 0.797. The summed E-state index contributed by atoms with van der Waals surface area (Å²) in [4.78, 5) is 8.52. The van der Waals surface area contributed by atoms with Gasteiger partial charge in [-0.05, 0) is 19.1 Å². The predicted octanol–water partition coefficient (Wildman–Crippen LogP) is 2.17. The molecule has 0 saturated heterocycles. The molecule has 4 nitrogen and oxygen atoms in total. The molecule has 0 aliphatic heterocycles. The van der Waals surface area contributed by atoms with E-state index in [1.165, 1.54) is 0 Å². The summed E-state index contributed by atoms with van der Waals surface area (Å²) >= 11 is 0. The molecular formula is C12H13N3O. The van der Waals surface area contributed by atoms with Gasteiger partial charge in [0.25, 0.3) is 5.88 Å². The van der Waals surface area contributed by atoms with E-state index < -0.39 is 0 Å². The second-order valence-electron chi connectivity index (χ2n) is 3.28. The molecule has 1 aromatic carbocycles. The average Bonchev–Trinajstić information content (AvgIpc) is 2.30. The summed E-state index contributed by atoms with van der Waals surface area (Å²) in [7, 11) is 0. The van der Waals surface area contributed by atoms with Crippen molar-refractivity contribution in [3.8, 4) is 5.88 Å². The topological polar surface area (TPSA) is 61.0 Å². The highest BCUT2D eigenvalue weighted by Gasteiger charge is 2.05. The highest BCUT2D eigenvalue weighted by molar-refractivity contribution is 5.76. The normalized spacial score (nSPS) is 11.1. The van der Waals surface area contributed by atoms with E-state index in [1.54, 1.807) is 0 Å². The molecule has 0 spiro atoms. The number of ether oxygens (including phenoxy) is 1. The molecular weight excluding hydrogens is 202 g/mol. The SMILES string of the molecule is C/C=C/COc1nc2ccccc2nc1N. The number of nitrogens with two attached hydrogens (primary N) is 1. The lowest BCUT2D eigenvalue weighted by atomic mass is 10.3. The third-order valence-corrected chi connectivity index (χ3v) is 2.12. The zero-order valence-electron chi connectivity index (χ0n) is 9.05. The van der Waals surface area contributed by atoms with Crippen LogP contribution >= 0.6 is 0 Å². The van der Waals surface area contributed by atoms with Crippen LogP contribution in [-0.4, -0.2) is 16.6 Å². The minimum absolute atomic E-state index is 0.322. The zero-order chi connectivity index (χ0) is 11.4. The lowest BCUT2D eigenvalue weighted by molar-refractivity contribution is 0.350. The summed E-state index contributed by atoms with van der Waals surface area (Å²) in [5.74, 6) is 0.708. The first-order valence-electron chi connectivity index (χ1n) is 5.07. The molecule has 0 bridgehead atoms. The van der Waals surface area contributed by atoms with Crippen molar-refractivity contribution >= 4 is 16.9 Å². The Hall–Kier alpha value is -2.10. The summed E-state index contributed by atoms with van der Waals surface area (Å²) in [6, 6.07) is 7.55. The monoisotopic (exact) mass is 215 g/mol. The minimum atomic E-state index is 0.322. The number of rotatable bonds is 3. The number of aromatic nitrogens is 2. The maximum Gasteiger partial charge on any atom is 0.258 e. The summed E-state index contributed by atoms with van der Waals surface area (Å²) < 4.78 is 5.40. The van der Waals surface area contributed by atoms with E-state index in [9.17, 15) is 0 Å². The fraction of sp³-hybridized carbons (Fsp3) is 0.167. The predicted molar refractivity (Wildman–Crippen MR) is 64.3 cm³/mol. The van der Waals surface area contributed by atoms with Gasteiger partial charge in [-0.1, -0.05) is 24.3 Å². The Bertz CT molecular complexity index is 523. The van der Waals surface area contributed by atoms with Gasteiger partial charge in [0.05, 0.1) is 11.0 Å². The number of para-hydroxylation sites is 2. The standard InChI is InChI=1S/C12H13N3O/c1-2-3-8-16-12-11(13)14-9-6-4-5-7-10(9)15-12/h2-7H,8H2,1H3,(H2,13,14)/b3-2+. The van der Waals surface area contributed by atoms with Crippen molar-refractivity contribution in [2.75, 3.05) is 12.3 Å². The van der Waals surface area contributed by atoms with Crippen LogP contribution in [0.15, 0.2) is 36.4 Å². The fourth-order valence-corrected chi connectivity index (χ4v) is 1.33. The first-order valence-corrected chi connectivity index (χ1v) is 5.07. The van der Waals surface area contributed by atoms with E-state index in [2.05, 4.69) is 9.97 Å². The number of hydrogen-bond acceptors (Lipinski definition) is 4. The van der Waals surface area contributed by atoms with Gasteiger partial charge in [-0.2, -0.15) is 0 Å². The number of hydrogen-bond donors (Lipinski definition) is 1. The molecule has 0 saturated carbocycles. The highest BCUT2D eigenvalue weighted by atomic mass is 16.5. The molecule has 82 valence electrons. The molecule has 2 N–H and O–H groups in total. The third-order valence-electron chi connectivity index (χ3n) is 2.12. The molecule has 2 rings (SSSR count). The maximum atomic E-state index is 5.75. The van der Waals surface area contributed by atoms with Crippen LogP contribution < -0.4 is 10.5 Å².